The molecule has 1 heterocycles. The smallest absolute Gasteiger partial charge is 0.130 e. The van der Waals surface area contributed by atoms with E-state index in [9.17, 15) is 4.39 Å². The molecular weight excluding hydrogens is 367 g/mol. The van der Waals surface area contributed by atoms with Crippen molar-refractivity contribution in [3.8, 4) is 5.75 Å². The van der Waals surface area contributed by atoms with Gasteiger partial charge < -0.3 is 14.8 Å². The minimum Gasteiger partial charge on any atom is -0.487 e. The lowest BCUT2D eigenvalue weighted by atomic mass is 10.1. The number of pyridine rings is 1. The van der Waals surface area contributed by atoms with Crippen LogP contribution in [0.3, 0.4) is 0 Å². The standard InChI is InChI=1S/C24H27FN2O2/c1-17-10-20(11-18(2)24(17)29-16-22-6-4-5-9-27-22)14-26-13-19-7-8-23(25)21(12-19)15-28-3/h4-12,26H,13-16H2,1-3H3. The monoisotopic (exact) mass is 394 g/mol. The van der Waals surface area contributed by atoms with E-state index in [1.165, 1.54) is 11.6 Å². The first kappa shape index (κ1) is 21.0. The molecule has 152 valence electrons. The summed E-state index contributed by atoms with van der Waals surface area (Å²) in [5.74, 6) is 0.672. The van der Waals surface area contributed by atoms with E-state index in [0.29, 0.717) is 18.7 Å². The van der Waals surface area contributed by atoms with Gasteiger partial charge in [0.1, 0.15) is 18.2 Å². The Hall–Kier alpha value is -2.76. The fraction of sp³-hybridized carbons (Fsp3) is 0.292. The number of nitrogens with one attached hydrogen (secondary N) is 1. The minimum absolute atomic E-state index is 0.233. The first-order valence-corrected chi connectivity index (χ1v) is 9.66. The first-order chi connectivity index (χ1) is 14.1. The highest BCUT2D eigenvalue weighted by Gasteiger charge is 2.08. The Morgan fingerprint density at radius 3 is 2.38 bits per heavy atom. The van der Waals surface area contributed by atoms with Crippen LogP contribution in [0.4, 0.5) is 4.39 Å². The highest BCUT2D eigenvalue weighted by atomic mass is 19.1. The van der Waals surface area contributed by atoms with Crippen molar-refractivity contribution in [2.75, 3.05) is 7.11 Å². The Balaban J connectivity index is 1.58. The van der Waals surface area contributed by atoms with Gasteiger partial charge in [0.05, 0.1) is 12.3 Å². The van der Waals surface area contributed by atoms with Crippen molar-refractivity contribution in [3.05, 3.63) is 94.1 Å². The summed E-state index contributed by atoms with van der Waals surface area (Å²) >= 11 is 0. The van der Waals surface area contributed by atoms with Crippen LogP contribution in [-0.2, 0) is 31.0 Å². The molecule has 0 unspecified atom stereocenters. The molecular formula is C24H27FN2O2. The molecule has 0 aliphatic heterocycles. The largest absolute Gasteiger partial charge is 0.487 e. The summed E-state index contributed by atoms with van der Waals surface area (Å²) in [7, 11) is 1.57. The first-order valence-electron chi connectivity index (χ1n) is 9.66. The molecule has 0 spiro atoms. The number of halogens is 1. The van der Waals surface area contributed by atoms with E-state index in [0.717, 1.165) is 34.7 Å². The summed E-state index contributed by atoms with van der Waals surface area (Å²) in [4.78, 5) is 4.30. The molecule has 29 heavy (non-hydrogen) atoms. The van der Waals surface area contributed by atoms with Crippen LogP contribution in [0.2, 0.25) is 0 Å². The molecule has 0 bridgehead atoms. The van der Waals surface area contributed by atoms with E-state index in [2.05, 4.69) is 36.3 Å². The molecule has 3 rings (SSSR count). The molecule has 2 aromatic carbocycles. The summed E-state index contributed by atoms with van der Waals surface area (Å²) in [5.41, 5.74) is 5.90. The molecule has 1 aromatic heterocycles. The van der Waals surface area contributed by atoms with Crippen LogP contribution in [0.15, 0.2) is 54.7 Å². The van der Waals surface area contributed by atoms with Gasteiger partial charge in [0.25, 0.3) is 0 Å². The highest BCUT2D eigenvalue weighted by Crippen LogP contribution is 2.25. The third-order valence-electron chi connectivity index (χ3n) is 4.68. The van der Waals surface area contributed by atoms with Gasteiger partial charge in [-0.1, -0.05) is 24.3 Å². The fourth-order valence-corrected chi connectivity index (χ4v) is 3.35. The van der Waals surface area contributed by atoms with Crippen LogP contribution in [-0.4, -0.2) is 12.1 Å². The van der Waals surface area contributed by atoms with Crippen molar-refractivity contribution in [1.29, 1.82) is 0 Å². The van der Waals surface area contributed by atoms with Gasteiger partial charge in [-0.25, -0.2) is 4.39 Å². The number of ether oxygens (including phenoxy) is 2. The highest BCUT2D eigenvalue weighted by molar-refractivity contribution is 5.43. The zero-order valence-electron chi connectivity index (χ0n) is 17.2. The quantitative estimate of drug-likeness (QED) is 0.563. The van der Waals surface area contributed by atoms with Gasteiger partial charge in [0.15, 0.2) is 0 Å². The summed E-state index contributed by atoms with van der Waals surface area (Å²) in [5, 5.41) is 3.42. The molecule has 0 atom stereocenters. The van der Waals surface area contributed by atoms with Crippen LogP contribution in [0.5, 0.6) is 5.75 Å². The third-order valence-corrected chi connectivity index (χ3v) is 4.68. The second-order valence-electron chi connectivity index (χ2n) is 7.13. The van der Waals surface area contributed by atoms with Gasteiger partial charge in [-0.3, -0.25) is 4.98 Å². The maximum absolute atomic E-state index is 13.7. The minimum atomic E-state index is -0.233. The van der Waals surface area contributed by atoms with Gasteiger partial charge in [-0.05, 0) is 60.4 Å². The van der Waals surface area contributed by atoms with Gasteiger partial charge in [0.2, 0.25) is 0 Å². The lowest BCUT2D eigenvalue weighted by Gasteiger charge is -2.14. The molecule has 0 aliphatic carbocycles. The predicted molar refractivity (Wildman–Crippen MR) is 112 cm³/mol. The van der Waals surface area contributed by atoms with Crippen molar-refractivity contribution < 1.29 is 13.9 Å². The number of aryl methyl sites for hydroxylation is 2. The Bertz CT molecular complexity index is 922. The average Bonchev–Trinajstić information content (AvgIpc) is 2.71. The molecule has 0 saturated heterocycles. The Labute approximate surface area is 171 Å². The van der Waals surface area contributed by atoms with Crippen LogP contribution >= 0.6 is 0 Å². The van der Waals surface area contributed by atoms with Crippen LogP contribution in [0.1, 0.15) is 33.5 Å². The summed E-state index contributed by atoms with van der Waals surface area (Å²) in [6.07, 6.45) is 1.77. The maximum atomic E-state index is 13.7. The maximum Gasteiger partial charge on any atom is 0.130 e. The zero-order chi connectivity index (χ0) is 20.6. The molecule has 0 amide bonds. The number of aromatic nitrogens is 1. The Kier molecular flexibility index (Phi) is 7.33. The van der Waals surface area contributed by atoms with Gasteiger partial charge in [0, 0.05) is 32.0 Å². The van der Waals surface area contributed by atoms with Crippen molar-refractivity contribution in [1.82, 2.24) is 10.3 Å². The number of hydrogen-bond acceptors (Lipinski definition) is 4. The predicted octanol–water partition coefficient (Wildman–Crippen LogP) is 4.85. The molecule has 5 heteroatoms. The van der Waals surface area contributed by atoms with E-state index >= 15 is 0 Å². The molecule has 3 aromatic rings. The molecule has 4 nitrogen and oxygen atoms in total. The third kappa shape index (κ3) is 5.86. The lowest BCUT2D eigenvalue weighted by Crippen LogP contribution is -2.13. The van der Waals surface area contributed by atoms with Crippen LogP contribution < -0.4 is 10.1 Å². The number of benzene rings is 2. The van der Waals surface area contributed by atoms with Crippen molar-refractivity contribution >= 4 is 0 Å². The molecule has 1 N–H and O–H groups in total. The zero-order valence-corrected chi connectivity index (χ0v) is 17.2. The van der Waals surface area contributed by atoms with Crippen molar-refractivity contribution in [2.24, 2.45) is 0 Å². The summed E-state index contributed by atoms with van der Waals surface area (Å²) < 4.78 is 24.8. The Morgan fingerprint density at radius 2 is 1.69 bits per heavy atom. The summed E-state index contributed by atoms with van der Waals surface area (Å²) in [6.45, 7) is 6.22. The Morgan fingerprint density at radius 1 is 0.931 bits per heavy atom. The summed E-state index contributed by atoms with van der Waals surface area (Å²) in [6, 6.07) is 15.2. The lowest BCUT2D eigenvalue weighted by molar-refractivity contribution is 0.181. The molecule has 0 fully saturated rings. The van der Waals surface area contributed by atoms with E-state index in [1.54, 1.807) is 19.4 Å². The second kappa shape index (κ2) is 10.1. The number of methoxy groups -OCH3 is 1. The van der Waals surface area contributed by atoms with Crippen molar-refractivity contribution in [2.45, 2.75) is 40.2 Å². The van der Waals surface area contributed by atoms with E-state index < -0.39 is 0 Å². The normalized spacial score (nSPS) is 10.9. The van der Waals surface area contributed by atoms with Crippen LogP contribution in [0, 0.1) is 19.7 Å². The number of nitrogens with zero attached hydrogens (tertiary/aromatic N) is 1. The SMILES string of the molecule is COCc1cc(CNCc2cc(C)c(OCc3ccccn3)c(C)c2)ccc1F. The van der Waals surface area contributed by atoms with E-state index in [4.69, 9.17) is 9.47 Å². The molecule has 0 saturated carbocycles. The van der Waals surface area contributed by atoms with Crippen LogP contribution in [0.25, 0.3) is 0 Å². The molecule has 0 aliphatic rings. The van der Waals surface area contributed by atoms with Crippen molar-refractivity contribution in [3.63, 3.8) is 0 Å². The number of rotatable bonds is 9. The number of hydrogen-bond donors (Lipinski definition) is 1. The average molecular weight is 394 g/mol. The van der Waals surface area contributed by atoms with E-state index in [1.807, 2.05) is 24.3 Å². The van der Waals surface area contributed by atoms with Gasteiger partial charge >= 0.3 is 0 Å². The van der Waals surface area contributed by atoms with Gasteiger partial charge in [-0.15, -0.1) is 0 Å². The molecule has 0 radical (unpaired) electrons. The van der Waals surface area contributed by atoms with E-state index in [-0.39, 0.29) is 12.4 Å². The fourth-order valence-electron chi connectivity index (χ4n) is 3.35. The topological polar surface area (TPSA) is 43.4 Å². The second-order valence-corrected chi connectivity index (χ2v) is 7.13. The van der Waals surface area contributed by atoms with Gasteiger partial charge in [-0.2, -0.15) is 0 Å².